The molecule has 0 nitrogen and oxygen atoms in total. The molecule has 0 unspecified atom stereocenters. The maximum absolute atomic E-state index is 14.0. The van der Waals surface area contributed by atoms with Crippen LogP contribution >= 0.6 is 0 Å². The molecular weight excluding hydrogens is 278 g/mol. The van der Waals surface area contributed by atoms with Crippen molar-refractivity contribution in [3.63, 3.8) is 0 Å². The Morgan fingerprint density at radius 3 is 2.05 bits per heavy atom. The van der Waals surface area contributed by atoms with Crippen molar-refractivity contribution in [2.24, 2.45) is 11.8 Å². The summed E-state index contributed by atoms with van der Waals surface area (Å²) >= 11 is 0. The molecule has 0 aliphatic heterocycles. The van der Waals surface area contributed by atoms with E-state index in [4.69, 9.17) is 0 Å². The topological polar surface area (TPSA) is 0 Å². The summed E-state index contributed by atoms with van der Waals surface area (Å²) in [7, 11) is 0. The molecule has 0 heterocycles. The van der Waals surface area contributed by atoms with E-state index >= 15 is 0 Å². The lowest BCUT2D eigenvalue weighted by atomic mass is 9.69. The van der Waals surface area contributed by atoms with E-state index in [0.717, 1.165) is 49.5 Å². The number of alkyl halides is 1. The van der Waals surface area contributed by atoms with E-state index in [1.165, 1.54) is 31.2 Å². The first-order valence-corrected chi connectivity index (χ1v) is 9.09. The first-order chi connectivity index (χ1) is 10.7. The summed E-state index contributed by atoms with van der Waals surface area (Å²) in [5, 5.41) is 0. The van der Waals surface area contributed by atoms with Gasteiger partial charge in [-0.1, -0.05) is 19.1 Å². The van der Waals surface area contributed by atoms with E-state index in [-0.39, 0.29) is 5.82 Å². The molecule has 2 aliphatic carbocycles. The minimum atomic E-state index is -0.548. The van der Waals surface area contributed by atoms with Crippen molar-refractivity contribution in [2.45, 2.75) is 76.8 Å². The molecule has 0 aromatic heterocycles. The van der Waals surface area contributed by atoms with Gasteiger partial charge in [-0.05, 0) is 92.7 Å². The molecule has 1 aromatic carbocycles. The van der Waals surface area contributed by atoms with Crippen LogP contribution in [-0.4, -0.2) is 6.17 Å². The quantitative estimate of drug-likeness (QED) is 0.624. The van der Waals surface area contributed by atoms with Crippen LogP contribution in [0.1, 0.15) is 75.3 Å². The minimum Gasteiger partial charge on any atom is -0.247 e. The molecule has 0 atom stereocenters. The van der Waals surface area contributed by atoms with Gasteiger partial charge in [-0.2, -0.15) is 0 Å². The van der Waals surface area contributed by atoms with Gasteiger partial charge < -0.3 is 0 Å². The highest BCUT2D eigenvalue weighted by atomic mass is 19.1. The summed E-state index contributed by atoms with van der Waals surface area (Å²) in [4.78, 5) is 0. The number of rotatable bonds is 3. The average Bonchev–Trinajstić information content (AvgIpc) is 2.56. The van der Waals surface area contributed by atoms with Crippen LogP contribution in [0.25, 0.3) is 0 Å². The van der Waals surface area contributed by atoms with Crippen molar-refractivity contribution in [2.75, 3.05) is 0 Å². The van der Waals surface area contributed by atoms with Crippen molar-refractivity contribution in [1.29, 1.82) is 0 Å². The number of hydrogen-bond donors (Lipinski definition) is 0. The van der Waals surface area contributed by atoms with Crippen LogP contribution in [0, 0.1) is 17.7 Å². The Balaban J connectivity index is 1.56. The summed E-state index contributed by atoms with van der Waals surface area (Å²) in [6.45, 7) is 2.00. The molecule has 122 valence electrons. The number of aryl methyl sites for hydroxylation is 1. The summed E-state index contributed by atoms with van der Waals surface area (Å²) < 4.78 is 27.2. The van der Waals surface area contributed by atoms with Crippen LogP contribution in [0.5, 0.6) is 0 Å². The molecule has 0 bridgehead atoms. The van der Waals surface area contributed by atoms with Gasteiger partial charge in [0, 0.05) is 0 Å². The third-order valence-electron chi connectivity index (χ3n) is 6.07. The normalized spacial score (nSPS) is 32.9. The largest absolute Gasteiger partial charge is 0.247 e. The van der Waals surface area contributed by atoms with E-state index in [9.17, 15) is 8.78 Å². The van der Waals surface area contributed by atoms with Gasteiger partial charge in [0.1, 0.15) is 12.0 Å². The Morgan fingerprint density at radius 1 is 0.909 bits per heavy atom. The standard InChI is InChI=1S/C20H28F2/c1-2-14-3-8-18(13-20(14)22)17-6-4-15(5-7-17)16-9-11-19(21)12-10-16/h3,8,13,15-17,19H,2,4-7,9-12H2,1H3. The van der Waals surface area contributed by atoms with Crippen LogP contribution in [0.4, 0.5) is 8.78 Å². The Bertz CT molecular complexity index is 480. The van der Waals surface area contributed by atoms with Crippen molar-refractivity contribution in [3.8, 4) is 0 Å². The fourth-order valence-corrected chi connectivity index (χ4v) is 4.58. The lowest BCUT2D eigenvalue weighted by molar-refractivity contribution is 0.138. The zero-order valence-electron chi connectivity index (χ0n) is 13.7. The Labute approximate surface area is 133 Å². The van der Waals surface area contributed by atoms with Gasteiger partial charge in [0.05, 0.1) is 0 Å². The second-order valence-corrected chi connectivity index (χ2v) is 7.33. The van der Waals surface area contributed by atoms with Gasteiger partial charge in [0.2, 0.25) is 0 Å². The highest BCUT2D eigenvalue weighted by molar-refractivity contribution is 5.27. The van der Waals surface area contributed by atoms with Crippen molar-refractivity contribution in [3.05, 3.63) is 35.1 Å². The second-order valence-electron chi connectivity index (χ2n) is 7.33. The molecule has 0 saturated heterocycles. The maximum Gasteiger partial charge on any atom is 0.126 e. The maximum atomic E-state index is 14.0. The summed E-state index contributed by atoms with van der Waals surface area (Å²) in [5.74, 6) is 2.01. The van der Waals surface area contributed by atoms with Crippen molar-refractivity contribution in [1.82, 2.24) is 0 Å². The van der Waals surface area contributed by atoms with Gasteiger partial charge in [-0.25, -0.2) is 8.78 Å². The molecule has 0 N–H and O–H groups in total. The zero-order valence-corrected chi connectivity index (χ0v) is 13.7. The lowest BCUT2D eigenvalue weighted by Gasteiger charge is -2.36. The monoisotopic (exact) mass is 306 g/mol. The van der Waals surface area contributed by atoms with Crippen LogP contribution in [0.15, 0.2) is 18.2 Å². The van der Waals surface area contributed by atoms with Crippen LogP contribution in [0.3, 0.4) is 0 Å². The molecule has 0 radical (unpaired) electrons. The van der Waals surface area contributed by atoms with Crippen molar-refractivity contribution < 1.29 is 8.78 Å². The molecule has 0 amide bonds. The van der Waals surface area contributed by atoms with E-state index in [1.54, 1.807) is 6.07 Å². The van der Waals surface area contributed by atoms with Gasteiger partial charge in [-0.3, -0.25) is 0 Å². The van der Waals surface area contributed by atoms with E-state index in [1.807, 2.05) is 13.0 Å². The fraction of sp³-hybridized carbons (Fsp3) is 0.700. The smallest absolute Gasteiger partial charge is 0.126 e. The number of benzene rings is 1. The summed E-state index contributed by atoms with van der Waals surface area (Å²) in [6.07, 6.45) is 8.74. The molecule has 2 fully saturated rings. The Kier molecular flexibility index (Phi) is 5.15. The van der Waals surface area contributed by atoms with Crippen LogP contribution < -0.4 is 0 Å². The van der Waals surface area contributed by atoms with Gasteiger partial charge in [0.25, 0.3) is 0 Å². The third-order valence-corrected chi connectivity index (χ3v) is 6.07. The molecule has 2 aliphatic rings. The third kappa shape index (κ3) is 3.52. The SMILES string of the molecule is CCc1ccc(C2CCC(C3CCC(F)CC3)CC2)cc1F. The average molecular weight is 306 g/mol. The summed E-state index contributed by atoms with van der Waals surface area (Å²) in [6, 6.07) is 5.85. The van der Waals surface area contributed by atoms with E-state index in [2.05, 4.69) is 6.07 Å². The van der Waals surface area contributed by atoms with Gasteiger partial charge in [-0.15, -0.1) is 0 Å². The van der Waals surface area contributed by atoms with Crippen LogP contribution in [0.2, 0.25) is 0 Å². The molecular formula is C20H28F2. The first-order valence-electron chi connectivity index (χ1n) is 9.09. The number of halogens is 2. The fourth-order valence-electron chi connectivity index (χ4n) is 4.58. The molecule has 3 rings (SSSR count). The second kappa shape index (κ2) is 7.10. The number of hydrogen-bond acceptors (Lipinski definition) is 0. The zero-order chi connectivity index (χ0) is 15.5. The van der Waals surface area contributed by atoms with Crippen LogP contribution in [-0.2, 0) is 6.42 Å². The minimum absolute atomic E-state index is 0.0385. The molecule has 2 heteroatoms. The van der Waals surface area contributed by atoms with E-state index < -0.39 is 6.17 Å². The Morgan fingerprint density at radius 2 is 1.50 bits per heavy atom. The first kappa shape index (κ1) is 16.0. The highest BCUT2D eigenvalue weighted by Gasteiger charge is 2.31. The summed E-state index contributed by atoms with van der Waals surface area (Å²) in [5.41, 5.74) is 2.00. The van der Waals surface area contributed by atoms with E-state index in [0.29, 0.717) is 5.92 Å². The molecule has 0 spiro atoms. The lowest BCUT2D eigenvalue weighted by Crippen LogP contribution is -2.25. The Hall–Kier alpha value is -0.920. The van der Waals surface area contributed by atoms with Gasteiger partial charge in [0.15, 0.2) is 0 Å². The predicted molar refractivity (Wildman–Crippen MR) is 87.3 cm³/mol. The molecule has 22 heavy (non-hydrogen) atoms. The van der Waals surface area contributed by atoms with Gasteiger partial charge >= 0.3 is 0 Å². The predicted octanol–water partition coefficient (Wildman–Crippen LogP) is 6.19. The van der Waals surface area contributed by atoms with Crippen molar-refractivity contribution >= 4 is 0 Å². The molecule has 1 aromatic rings. The highest BCUT2D eigenvalue weighted by Crippen LogP contribution is 2.43. The molecule has 2 saturated carbocycles.